The van der Waals surface area contributed by atoms with E-state index in [1.807, 2.05) is 32.2 Å². The Bertz CT molecular complexity index is 1720. The van der Waals surface area contributed by atoms with Gasteiger partial charge in [-0.25, -0.2) is 4.98 Å². The van der Waals surface area contributed by atoms with Crippen LogP contribution < -0.4 is 20.1 Å². The number of fused-ring (bicyclic) bond motifs is 2. The summed E-state index contributed by atoms with van der Waals surface area (Å²) < 4.78 is 23.5. The number of nitrogens with zero attached hydrogens (tertiary/aromatic N) is 3. The summed E-state index contributed by atoms with van der Waals surface area (Å²) in [6.45, 7) is 5.14. The van der Waals surface area contributed by atoms with Gasteiger partial charge in [-0.3, -0.25) is 4.79 Å². The summed E-state index contributed by atoms with van der Waals surface area (Å²) in [6.07, 6.45) is 3.41. The van der Waals surface area contributed by atoms with Crippen LogP contribution in [-0.4, -0.2) is 59.3 Å². The average molecular weight is 543 g/mol. The lowest BCUT2D eigenvalue weighted by Crippen LogP contribution is -2.26. The first-order valence-electron chi connectivity index (χ1n) is 13.1. The molecule has 0 spiro atoms. The molecule has 0 saturated carbocycles. The number of hydrogen-bond acceptors (Lipinski definition) is 9. The highest BCUT2D eigenvalue weighted by molar-refractivity contribution is 6.00. The van der Waals surface area contributed by atoms with E-state index < -0.39 is 0 Å². The number of oxazole rings is 1. The number of carbonyl (C=O) groups excluding carboxylic acids is 1. The molecule has 1 fully saturated rings. The molecule has 0 atom stereocenters. The number of benzene rings is 2. The Balaban J connectivity index is 1.44. The van der Waals surface area contributed by atoms with Crippen molar-refractivity contribution < 1.29 is 23.4 Å². The fourth-order valence-electron chi connectivity index (χ4n) is 5.03. The molecule has 206 valence electrons. The number of aromatic amines is 1. The maximum absolute atomic E-state index is 12.1. The summed E-state index contributed by atoms with van der Waals surface area (Å²) in [6, 6.07) is 9.12. The standard InChI is InChI=1S/C29H30N6O5/c1-15-19(6-8-22-25(15)39-16(2)32-22)20-14-31-26-24(20)28(40-18-9-11-38-12-10-18)35-29(34-26)33-21-7-5-17(27(36)30-3)13-23(21)37-4/h5-8,13-14,18H,9-12H2,1-4H3,(H,30,36)(H2,31,33,34,35). The molecule has 0 unspecified atom stereocenters. The van der Waals surface area contributed by atoms with Crippen LogP contribution in [0.1, 0.15) is 34.7 Å². The first kappa shape index (κ1) is 25.6. The normalized spacial score (nSPS) is 14.0. The third-order valence-corrected chi connectivity index (χ3v) is 7.09. The summed E-state index contributed by atoms with van der Waals surface area (Å²) in [5.74, 6) is 1.69. The average Bonchev–Trinajstić information content (AvgIpc) is 3.57. The molecule has 40 heavy (non-hydrogen) atoms. The van der Waals surface area contributed by atoms with Crippen molar-refractivity contribution in [1.29, 1.82) is 0 Å². The number of aryl methyl sites for hydroxylation is 2. The molecule has 6 rings (SSSR count). The SMILES string of the molecule is CNC(=O)c1ccc(Nc2nc(OC3CCOCC3)c3c(-c4ccc5nc(C)oc5c4C)c[nH]c3n2)c(OC)c1. The second-order valence-corrected chi connectivity index (χ2v) is 9.65. The first-order valence-corrected chi connectivity index (χ1v) is 13.1. The Morgan fingerprint density at radius 3 is 2.67 bits per heavy atom. The summed E-state index contributed by atoms with van der Waals surface area (Å²) in [5.41, 5.74) is 6.13. The van der Waals surface area contributed by atoms with Crippen LogP contribution in [0, 0.1) is 13.8 Å². The third kappa shape index (κ3) is 4.68. The van der Waals surface area contributed by atoms with Gasteiger partial charge in [0.05, 0.1) is 31.4 Å². The Morgan fingerprint density at radius 1 is 1.07 bits per heavy atom. The second-order valence-electron chi connectivity index (χ2n) is 9.65. The number of carbonyl (C=O) groups is 1. The highest BCUT2D eigenvalue weighted by Gasteiger charge is 2.23. The molecule has 1 saturated heterocycles. The lowest BCUT2D eigenvalue weighted by Gasteiger charge is -2.23. The molecule has 1 aliphatic heterocycles. The molecular formula is C29H30N6O5. The van der Waals surface area contributed by atoms with E-state index in [2.05, 4.69) is 20.6 Å². The van der Waals surface area contributed by atoms with Gasteiger partial charge in [-0.05, 0) is 36.8 Å². The minimum Gasteiger partial charge on any atom is -0.495 e. The van der Waals surface area contributed by atoms with E-state index in [9.17, 15) is 4.79 Å². The number of aromatic nitrogens is 4. The Kier molecular flexibility index (Phi) is 6.72. The van der Waals surface area contributed by atoms with Crippen molar-refractivity contribution in [2.24, 2.45) is 0 Å². The van der Waals surface area contributed by atoms with Crippen LogP contribution >= 0.6 is 0 Å². The van der Waals surface area contributed by atoms with Crippen LogP contribution in [0.5, 0.6) is 11.6 Å². The largest absolute Gasteiger partial charge is 0.495 e. The van der Waals surface area contributed by atoms with Crippen molar-refractivity contribution in [3.8, 4) is 22.8 Å². The van der Waals surface area contributed by atoms with Crippen LogP contribution in [-0.2, 0) is 4.74 Å². The third-order valence-electron chi connectivity index (χ3n) is 7.09. The van der Waals surface area contributed by atoms with E-state index in [0.29, 0.717) is 53.6 Å². The monoisotopic (exact) mass is 542 g/mol. The van der Waals surface area contributed by atoms with Crippen molar-refractivity contribution in [3.63, 3.8) is 0 Å². The van der Waals surface area contributed by atoms with E-state index in [0.717, 1.165) is 46.0 Å². The van der Waals surface area contributed by atoms with Gasteiger partial charge in [0.1, 0.15) is 23.0 Å². The zero-order valence-electron chi connectivity index (χ0n) is 22.8. The number of ether oxygens (including phenoxy) is 3. The van der Waals surface area contributed by atoms with Gasteiger partial charge in [-0.1, -0.05) is 6.07 Å². The highest BCUT2D eigenvalue weighted by atomic mass is 16.5. The number of amides is 1. The van der Waals surface area contributed by atoms with Gasteiger partial charge in [0.25, 0.3) is 5.91 Å². The van der Waals surface area contributed by atoms with Crippen LogP contribution in [0.15, 0.2) is 40.9 Å². The zero-order chi connectivity index (χ0) is 27.8. The number of anilines is 2. The van der Waals surface area contributed by atoms with E-state index in [1.54, 1.807) is 32.4 Å². The van der Waals surface area contributed by atoms with Gasteiger partial charge in [0, 0.05) is 49.7 Å². The Hall–Kier alpha value is -4.64. The smallest absolute Gasteiger partial charge is 0.251 e. The van der Waals surface area contributed by atoms with Gasteiger partial charge in [0.2, 0.25) is 11.8 Å². The Labute approximate surface area is 230 Å². The van der Waals surface area contributed by atoms with Gasteiger partial charge in [-0.2, -0.15) is 9.97 Å². The minimum atomic E-state index is -0.206. The maximum atomic E-state index is 12.1. The summed E-state index contributed by atoms with van der Waals surface area (Å²) in [4.78, 5) is 29.4. The van der Waals surface area contributed by atoms with Crippen molar-refractivity contribution in [2.75, 3.05) is 32.7 Å². The van der Waals surface area contributed by atoms with E-state index in [4.69, 9.17) is 28.6 Å². The van der Waals surface area contributed by atoms with Crippen molar-refractivity contribution in [1.82, 2.24) is 25.3 Å². The number of hydrogen-bond donors (Lipinski definition) is 3. The lowest BCUT2D eigenvalue weighted by molar-refractivity contribution is 0.0244. The number of rotatable bonds is 7. The molecule has 11 nitrogen and oxygen atoms in total. The Morgan fingerprint density at radius 2 is 1.90 bits per heavy atom. The summed E-state index contributed by atoms with van der Waals surface area (Å²) in [7, 11) is 3.13. The van der Waals surface area contributed by atoms with Gasteiger partial charge in [0.15, 0.2) is 11.5 Å². The molecule has 1 aliphatic rings. The van der Waals surface area contributed by atoms with Crippen LogP contribution in [0.4, 0.5) is 11.6 Å². The van der Waals surface area contributed by atoms with E-state index in [-0.39, 0.29) is 12.0 Å². The van der Waals surface area contributed by atoms with Crippen LogP contribution in [0.25, 0.3) is 33.3 Å². The van der Waals surface area contributed by atoms with Crippen LogP contribution in [0.3, 0.4) is 0 Å². The van der Waals surface area contributed by atoms with Crippen LogP contribution in [0.2, 0.25) is 0 Å². The summed E-state index contributed by atoms with van der Waals surface area (Å²) in [5, 5.41) is 6.63. The minimum absolute atomic E-state index is 0.0377. The number of methoxy groups -OCH3 is 1. The summed E-state index contributed by atoms with van der Waals surface area (Å²) >= 11 is 0. The number of H-pyrrole nitrogens is 1. The predicted molar refractivity (Wildman–Crippen MR) is 151 cm³/mol. The maximum Gasteiger partial charge on any atom is 0.251 e. The van der Waals surface area contributed by atoms with Gasteiger partial charge in [-0.15, -0.1) is 0 Å². The first-order chi connectivity index (χ1) is 19.4. The molecule has 3 aromatic heterocycles. The molecule has 0 aliphatic carbocycles. The molecule has 11 heteroatoms. The molecule has 4 heterocycles. The second kappa shape index (κ2) is 10.5. The molecular weight excluding hydrogens is 512 g/mol. The molecule has 3 N–H and O–H groups in total. The van der Waals surface area contributed by atoms with Gasteiger partial charge < -0.3 is 34.2 Å². The van der Waals surface area contributed by atoms with Crippen molar-refractivity contribution in [3.05, 3.63) is 53.5 Å². The highest BCUT2D eigenvalue weighted by Crippen LogP contribution is 2.39. The van der Waals surface area contributed by atoms with Crippen molar-refractivity contribution >= 4 is 39.7 Å². The fraction of sp³-hybridized carbons (Fsp3) is 0.310. The van der Waals surface area contributed by atoms with E-state index >= 15 is 0 Å². The topological polar surface area (TPSA) is 136 Å². The molecule has 1 amide bonds. The lowest BCUT2D eigenvalue weighted by atomic mass is 10.00. The fourth-order valence-corrected chi connectivity index (χ4v) is 5.03. The number of nitrogens with one attached hydrogen (secondary N) is 3. The molecule has 0 radical (unpaired) electrons. The van der Waals surface area contributed by atoms with Gasteiger partial charge >= 0.3 is 0 Å². The predicted octanol–water partition coefficient (Wildman–Crippen LogP) is 5.05. The zero-order valence-corrected chi connectivity index (χ0v) is 22.8. The quantitative estimate of drug-likeness (QED) is 0.258. The van der Waals surface area contributed by atoms with Crippen molar-refractivity contribution in [2.45, 2.75) is 32.8 Å². The molecule has 0 bridgehead atoms. The molecule has 5 aromatic rings. The van der Waals surface area contributed by atoms with E-state index in [1.165, 1.54) is 0 Å². The molecule has 2 aromatic carbocycles.